The molecule has 2 aliphatic rings. The van der Waals surface area contributed by atoms with Crippen molar-refractivity contribution < 1.29 is 19.7 Å². The van der Waals surface area contributed by atoms with Gasteiger partial charge < -0.3 is 25.0 Å². The first-order valence-corrected chi connectivity index (χ1v) is 8.00. The van der Waals surface area contributed by atoms with Gasteiger partial charge in [-0.05, 0) is 51.0 Å². The summed E-state index contributed by atoms with van der Waals surface area (Å²) in [6.45, 7) is 3.31. The molecule has 0 radical (unpaired) electrons. The van der Waals surface area contributed by atoms with Gasteiger partial charge in [-0.3, -0.25) is 0 Å². The van der Waals surface area contributed by atoms with Crippen LogP contribution >= 0.6 is 0 Å². The maximum Gasteiger partial charge on any atom is 0.0897 e. The van der Waals surface area contributed by atoms with Gasteiger partial charge >= 0.3 is 0 Å². The Morgan fingerprint density at radius 3 is 2.70 bits per heavy atom. The highest BCUT2D eigenvalue weighted by atomic mass is 16.5. The predicted molar refractivity (Wildman–Crippen MR) is 76.6 cm³/mol. The molecule has 0 amide bonds. The van der Waals surface area contributed by atoms with Gasteiger partial charge in [0.2, 0.25) is 0 Å². The molecule has 0 bridgehead atoms. The van der Waals surface area contributed by atoms with Crippen LogP contribution in [0.1, 0.15) is 38.5 Å². The largest absolute Gasteiger partial charge is 0.393 e. The summed E-state index contributed by atoms with van der Waals surface area (Å²) in [6.07, 6.45) is 5.87. The third kappa shape index (κ3) is 6.06. The van der Waals surface area contributed by atoms with E-state index in [1.165, 1.54) is 0 Å². The standard InChI is InChI=1S/C15H29NO4/c17-13-5-3-12(4-6-13)8-16-9-14(18)10-19-11-15-2-1-7-20-15/h12-18H,1-11H2. The summed E-state index contributed by atoms with van der Waals surface area (Å²) >= 11 is 0. The Bertz CT molecular complexity index is 250. The van der Waals surface area contributed by atoms with Crippen LogP contribution in [-0.4, -0.2) is 61.4 Å². The summed E-state index contributed by atoms with van der Waals surface area (Å²) in [5.74, 6) is 0.637. The van der Waals surface area contributed by atoms with Gasteiger partial charge in [0.25, 0.3) is 0 Å². The zero-order chi connectivity index (χ0) is 14.2. The zero-order valence-corrected chi connectivity index (χ0v) is 12.3. The van der Waals surface area contributed by atoms with Crippen molar-refractivity contribution in [2.24, 2.45) is 5.92 Å². The average molecular weight is 287 g/mol. The molecule has 0 aromatic heterocycles. The number of ether oxygens (including phenoxy) is 2. The SMILES string of the molecule is OC1CCC(CNCC(O)COCC2CCCO2)CC1. The number of nitrogens with one attached hydrogen (secondary N) is 1. The maximum absolute atomic E-state index is 9.83. The number of aliphatic hydroxyl groups excluding tert-OH is 2. The predicted octanol–water partition coefficient (Wildman–Crippen LogP) is 0.684. The van der Waals surface area contributed by atoms with Crippen molar-refractivity contribution in [3.05, 3.63) is 0 Å². The summed E-state index contributed by atoms with van der Waals surface area (Å²) in [5, 5.41) is 22.6. The van der Waals surface area contributed by atoms with E-state index in [0.717, 1.165) is 51.7 Å². The van der Waals surface area contributed by atoms with Gasteiger partial charge in [0, 0.05) is 13.2 Å². The van der Waals surface area contributed by atoms with Gasteiger partial charge in [0.15, 0.2) is 0 Å². The molecule has 1 saturated heterocycles. The Balaban J connectivity index is 1.44. The van der Waals surface area contributed by atoms with Crippen LogP contribution in [0.3, 0.4) is 0 Å². The fourth-order valence-electron chi connectivity index (χ4n) is 2.97. The molecule has 0 aromatic rings. The van der Waals surface area contributed by atoms with Crippen molar-refractivity contribution in [2.75, 3.05) is 32.9 Å². The molecule has 3 N–H and O–H groups in total. The number of hydrogen-bond acceptors (Lipinski definition) is 5. The second-order valence-corrected chi connectivity index (χ2v) is 6.16. The van der Waals surface area contributed by atoms with Crippen molar-refractivity contribution >= 4 is 0 Å². The van der Waals surface area contributed by atoms with E-state index in [0.29, 0.717) is 25.7 Å². The highest BCUT2D eigenvalue weighted by molar-refractivity contribution is 4.73. The van der Waals surface area contributed by atoms with Crippen LogP contribution in [-0.2, 0) is 9.47 Å². The van der Waals surface area contributed by atoms with Gasteiger partial charge in [-0.25, -0.2) is 0 Å². The number of hydrogen-bond donors (Lipinski definition) is 3. The fraction of sp³-hybridized carbons (Fsp3) is 1.00. The van der Waals surface area contributed by atoms with Crippen LogP contribution in [0.15, 0.2) is 0 Å². The van der Waals surface area contributed by atoms with E-state index in [4.69, 9.17) is 9.47 Å². The van der Waals surface area contributed by atoms with E-state index in [2.05, 4.69) is 5.32 Å². The van der Waals surface area contributed by atoms with Gasteiger partial charge in [-0.15, -0.1) is 0 Å². The first-order valence-electron chi connectivity index (χ1n) is 8.00. The van der Waals surface area contributed by atoms with E-state index in [-0.39, 0.29) is 12.2 Å². The van der Waals surface area contributed by atoms with Gasteiger partial charge in [0.05, 0.1) is 31.5 Å². The van der Waals surface area contributed by atoms with E-state index in [1.54, 1.807) is 0 Å². The Kier molecular flexibility index (Phi) is 7.24. The maximum atomic E-state index is 9.83. The molecule has 1 saturated carbocycles. The molecule has 118 valence electrons. The molecule has 5 nitrogen and oxygen atoms in total. The molecule has 2 unspecified atom stereocenters. The van der Waals surface area contributed by atoms with Crippen LogP contribution in [0.2, 0.25) is 0 Å². The minimum absolute atomic E-state index is 0.0944. The second kappa shape index (κ2) is 8.95. The molecule has 5 heteroatoms. The molecule has 20 heavy (non-hydrogen) atoms. The minimum Gasteiger partial charge on any atom is -0.393 e. The fourth-order valence-corrected chi connectivity index (χ4v) is 2.97. The highest BCUT2D eigenvalue weighted by Gasteiger charge is 2.19. The lowest BCUT2D eigenvalue weighted by molar-refractivity contribution is -0.0167. The van der Waals surface area contributed by atoms with Crippen molar-refractivity contribution in [1.82, 2.24) is 5.32 Å². The van der Waals surface area contributed by atoms with Crippen LogP contribution < -0.4 is 5.32 Å². The molecule has 2 rings (SSSR count). The van der Waals surface area contributed by atoms with Crippen LogP contribution in [0.5, 0.6) is 0 Å². The molecular weight excluding hydrogens is 258 g/mol. The van der Waals surface area contributed by atoms with Crippen molar-refractivity contribution in [2.45, 2.75) is 56.8 Å². The molecule has 1 aliphatic carbocycles. The zero-order valence-electron chi connectivity index (χ0n) is 12.3. The van der Waals surface area contributed by atoms with Gasteiger partial charge in [-0.2, -0.15) is 0 Å². The topological polar surface area (TPSA) is 71.0 Å². The first-order chi connectivity index (χ1) is 9.74. The third-order valence-electron chi connectivity index (χ3n) is 4.27. The summed E-state index contributed by atoms with van der Waals surface area (Å²) in [5.41, 5.74) is 0. The molecule has 1 heterocycles. The van der Waals surface area contributed by atoms with Gasteiger partial charge in [-0.1, -0.05) is 0 Å². The molecular formula is C15H29NO4. The molecule has 2 atom stereocenters. The van der Waals surface area contributed by atoms with Crippen molar-refractivity contribution in [1.29, 1.82) is 0 Å². The van der Waals surface area contributed by atoms with Crippen molar-refractivity contribution in [3.63, 3.8) is 0 Å². The van der Waals surface area contributed by atoms with Gasteiger partial charge in [0.1, 0.15) is 0 Å². The molecule has 1 aliphatic heterocycles. The lowest BCUT2D eigenvalue weighted by Crippen LogP contribution is -2.35. The van der Waals surface area contributed by atoms with Crippen LogP contribution in [0, 0.1) is 5.92 Å². The van der Waals surface area contributed by atoms with Crippen molar-refractivity contribution in [3.8, 4) is 0 Å². The van der Waals surface area contributed by atoms with E-state index in [1.807, 2.05) is 0 Å². The van der Waals surface area contributed by atoms with E-state index >= 15 is 0 Å². The summed E-state index contributed by atoms with van der Waals surface area (Å²) in [7, 11) is 0. The second-order valence-electron chi connectivity index (χ2n) is 6.16. The third-order valence-corrected chi connectivity index (χ3v) is 4.27. The Morgan fingerprint density at radius 1 is 1.20 bits per heavy atom. The summed E-state index contributed by atoms with van der Waals surface area (Å²) in [6, 6.07) is 0. The lowest BCUT2D eigenvalue weighted by atomic mass is 9.87. The van der Waals surface area contributed by atoms with E-state index in [9.17, 15) is 10.2 Å². The lowest BCUT2D eigenvalue weighted by Gasteiger charge is -2.26. The summed E-state index contributed by atoms with van der Waals surface area (Å²) < 4.78 is 10.9. The van der Waals surface area contributed by atoms with Crippen LogP contribution in [0.4, 0.5) is 0 Å². The van der Waals surface area contributed by atoms with E-state index < -0.39 is 6.10 Å². The molecule has 0 spiro atoms. The Morgan fingerprint density at radius 2 is 2.00 bits per heavy atom. The first kappa shape index (κ1) is 16.2. The normalized spacial score (nSPS) is 32.4. The smallest absolute Gasteiger partial charge is 0.0897 e. The monoisotopic (exact) mass is 287 g/mol. The molecule has 2 fully saturated rings. The Labute approximate surface area is 121 Å². The Hall–Kier alpha value is -0.200. The number of aliphatic hydroxyl groups is 2. The number of rotatable bonds is 8. The average Bonchev–Trinajstić information content (AvgIpc) is 2.94. The highest BCUT2D eigenvalue weighted by Crippen LogP contribution is 2.23. The van der Waals surface area contributed by atoms with Crippen LogP contribution in [0.25, 0.3) is 0 Å². The summed E-state index contributed by atoms with van der Waals surface area (Å²) in [4.78, 5) is 0. The minimum atomic E-state index is -0.453. The molecule has 0 aromatic carbocycles. The quantitative estimate of drug-likeness (QED) is 0.612.